The Balaban J connectivity index is 1.42. The summed E-state index contributed by atoms with van der Waals surface area (Å²) in [7, 11) is 0. The third-order valence-electron chi connectivity index (χ3n) is 4.54. The number of ether oxygens (including phenoxy) is 1. The van der Waals surface area contributed by atoms with E-state index < -0.39 is 0 Å². The van der Waals surface area contributed by atoms with Crippen molar-refractivity contribution in [2.24, 2.45) is 0 Å². The fourth-order valence-corrected chi connectivity index (χ4v) is 3.12. The lowest BCUT2D eigenvalue weighted by molar-refractivity contribution is 0.00326. The maximum Gasteiger partial charge on any atom is 0.278 e. The van der Waals surface area contributed by atoms with Crippen molar-refractivity contribution in [3.8, 4) is 23.0 Å². The number of imidazole rings is 1. The van der Waals surface area contributed by atoms with E-state index in [0.717, 1.165) is 16.8 Å². The molecule has 134 valence electrons. The fraction of sp³-hybridized carbons (Fsp3) is 0.158. The minimum Gasteiger partial charge on any atom is -0.365 e. The van der Waals surface area contributed by atoms with Gasteiger partial charge in [-0.2, -0.15) is 4.98 Å². The normalized spacial score (nSPS) is 16.3. The second kappa shape index (κ2) is 6.40. The summed E-state index contributed by atoms with van der Waals surface area (Å²) >= 11 is 0. The smallest absolute Gasteiger partial charge is 0.278 e. The highest BCUT2D eigenvalue weighted by atomic mass is 19.1. The molecule has 0 fully saturated rings. The second-order valence-corrected chi connectivity index (χ2v) is 6.20. The van der Waals surface area contributed by atoms with Gasteiger partial charge in [-0.3, -0.25) is 4.98 Å². The largest absolute Gasteiger partial charge is 0.365 e. The second-order valence-electron chi connectivity index (χ2n) is 6.20. The first-order valence-electron chi connectivity index (χ1n) is 8.43. The first-order valence-corrected chi connectivity index (χ1v) is 8.43. The molecule has 1 aliphatic heterocycles. The topological polar surface area (TPSA) is 78.9 Å². The molecule has 0 aliphatic carbocycles. The summed E-state index contributed by atoms with van der Waals surface area (Å²) in [4.78, 5) is 12.9. The molecule has 7 nitrogen and oxygen atoms in total. The summed E-state index contributed by atoms with van der Waals surface area (Å²) in [5, 5.41) is 4.02. The number of pyridine rings is 1. The average Bonchev–Trinajstić information content (AvgIpc) is 3.36. The van der Waals surface area contributed by atoms with Gasteiger partial charge in [0.1, 0.15) is 11.9 Å². The van der Waals surface area contributed by atoms with Crippen LogP contribution in [0.2, 0.25) is 0 Å². The van der Waals surface area contributed by atoms with Gasteiger partial charge < -0.3 is 13.8 Å². The third-order valence-corrected chi connectivity index (χ3v) is 4.54. The van der Waals surface area contributed by atoms with Gasteiger partial charge in [0.25, 0.3) is 5.89 Å². The molecule has 0 N–H and O–H groups in total. The van der Waals surface area contributed by atoms with Crippen LogP contribution in [0.1, 0.15) is 17.4 Å². The number of nitrogens with zero attached hydrogens (tertiary/aromatic N) is 5. The van der Waals surface area contributed by atoms with Crippen LogP contribution >= 0.6 is 0 Å². The Hall–Kier alpha value is -3.39. The Labute approximate surface area is 153 Å². The summed E-state index contributed by atoms with van der Waals surface area (Å²) in [6.07, 6.45) is 4.93. The van der Waals surface area contributed by atoms with Crippen LogP contribution < -0.4 is 0 Å². The molecule has 0 spiro atoms. The Morgan fingerprint density at radius 1 is 1.07 bits per heavy atom. The zero-order chi connectivity index (χ0) is 18.2. The Morgan fingerprint density at radius 3 is 2.70 bits per heavy atom. The Kier molecular flexibility index (Phi) is 3.75. The van der Waals surface area contributed by atoms with E-state index in [0.29, 0.717) is 30.6 Å². The first-order chi connectivity index (χ1) is 13.3. The molecule has 0 radical (unpaired) electrons. The third kappa shape index (κ3) is 2.89. The lowest BCUT2D eigenvalue weighted by Crippen LogP contribution is -2.20. The maximum atomic E-state index is 13.1. The van der Waals surface area contributed by atoms with Gasteiger partial charge in [0, 0.05) is 18.0 Å². The molecule has 1 atom stereocenters. The molecule has 0 bridgehead atoms. The molecular weight excluding hydrogens is 349 g/mol. The molecule has 4 heterocycles. The SMILES string of the molecule is Fc1ccc(C2Cn3cnc(-c4nc(-c5ccncc5)no4)c3CO2)cc1. The zero-order valence-electron chi connectivity index (χ0n) is 14.1. The fourth-order valence-electron chi connectivity index (χ4n) is 3.12. The van der Waals surface area contributed by atoms with E-state index in [2.05, 4.69) is 20.1 Å². The first kappa shape index (κ1) is 15.8. The molecule has 1 aliphatic rings. The van der Waals surface area contributed by atoms with E-state index in [9.17, 15) is 4.39 Å². The van der Waals surface area contributed by atoms with Crippen LogP contribution in [0.4, 0.5) is 4.39 Å². The summed E-state index contributed by atoms with van der Waals surface area (Å²) < 4.78 is 26.5. The van der Waals surface area contributed by atoms with Crippen molar-refractivity contribution in [3.05, 3.63) is 72.2 Å². The number of aromatic nitrogens is 5. The molecular formula is C19H14FN5O2. The lowest BCUT2D eigenvalue weighted by atomic mass is 10.1. The molecule has 27 heavy (non-hydrogen) atoms. The van der Waals surface area contributed by atoms with Gasteiger partial charge in [0.15, 0.2) is 5.69 Å². The van der Waals surface area contributed by atoms with E-state index in [4.69, 9.17) is 9.26 Å². The van der Waals surface area contributed by atoms with Crippen LogP contribution in [0, 0.1) is 5.82 Å². The summed E-state index contributed by atoms with van der Waals surface area (Å²) in [6, 6.07) is 9.98. The highest BCUT2D eigenvalue weighted by molar-refractivity contribution is 5.58. The molecule has 8 heteroatoms. The van der Waals surface area contributed by atoms with Crippen molar-refractivity contribution in [1.82, 2.24) is 24.7 Å². The van der Waals surface area contributed by atoms with Crippen LogP contribution in [-0.4, -0.2) is 24.7 Å². The molecule has 5 rings (SSSR count). The van der Waals surface area contributed by atoms with E-state index in [1.807, 2.05) is 16.7 Å². The maximum absolute atomic E-state index is 13.1. The van der Waals surface area contributed by atoms with Crippen molar-refractivity contribution < 1.29 is 13.7 Å². The van der Waals surface area contributed by atoms with E-state index in [-0.39, 0.29) is 11.9 Å². The van der Waals surface area contributed by atoms with Crippen molar-refractivity contribution in [3.63, 3.8) is 0 Å². The number of benzene rings is 1. The summed E-state index contributed by atoms with van der Waals surface area (Å²) in [5.74, 6) is 0.566. The van der Waals surface area contributed by atoms with Crippen molar-refractivity contribution >= 4 is 0 Å². The highest BCUT2D eigenvalue weighted by Gasteiger charge is 2.26. The van der Waals surface area contributed by atoms with Gasteiger partial charge in [-0.1, -0.05) is 17.3 Å². The molecule has 0 saturated heterocycles. The molecule has 0 amide bonds. The average molecular weight is 363 g/mol. The lowest BCUT2D eigenvalue weighted by Gasteiger charge is -2.25. The van der Waals surface area contributed by atoms with Crippen LogP contribution in [0.5, 0.6) is 0 Å². The van der Waals surface area contributed by atoms with Crippen LogP contribution in [0.15, 0.2) is 59.6 Å². The molecule has 1 aromatic carbocycles. The van der Waals surface area contributed by atoms with Crippen LogP contribution in [-0.2, 0) is 17.9 Å². The minimum absolute atomic E-state index is 0.157. The quantitative estimate of drug-likeness (QED) is 0.555. The van der Waals surface area contributed by atoms with Gasteiger partial charge in [0.2, 0.25) is 5.82 Å². The van der Waals surface area contributed by atoms with E-state index >= 15 is 0 Å². The van der Waals surface area contributed by atoms with Crippen molar-refractivity contribution in [2.45, 2.75) is 19.3 Å². The van der Waals surface area contributed by atoms with Gasteiger partial charge in [-0.05, 0) is 29.8 Å². The minimum atomic E-state index is -0.262. The molecule has 0 saturated carbocycles. The predicted molar refractivity (Wildman–Crippen MR) is 92.7 cm³/mol. The highest BCUT2D eigenvalue weighted by Crippen LogP contribution is 2.31. The van der Waals surface area contributed by atoms with Gasteiger partial charge >= 0.3 is 0 Å². The molecule has 1 unspecified atom stereocenters. The number of hydrogen-bond donors (Lipinski definition) is 0. The number of fused-ring (bicyclic) bond motifs is 1. The number of hydrogen-bond acceptors (Lipinski definition) is 6. The van der Waals surface area contributed by atoms with Crippen LogP contribution in [0.25, 0.3) is 23.0 Å². The predicted octanol–water partition coefficient (Wildman–Crippen LogP) is 3.41. The van der Waals surface area contributed by atoms with Gasteiger partial charge in [-0.25, -0.2) is 9.37 Å². The Morgan fingerprint density at radius 2 is 1.89 bits per heavy atom. The van der Waals surface area contributed by atoms with Crippen LogP contribution in [0.3, 0.4) is 0 Å². The van der Waals surface area contributed by atoms with E-state index in [1.54, 1.807) is 30.9 Å². The van der Waals surface area contributed by atoms with Crippen molar-refractivity contribution in [2.75, 3.05) is 0 Å². The van der Waals surface area contributed by atoms with E-state index in [1.165, 1.54) is 12.1 Å². The molecule has 3 aromatic heterocycles. The standard InChI is InChI=1S/C19H14FN5O2/c20-14-3-1-12(2-4-14)16-9-25-11-22-17(15(25)10-26-16)19-23-18(24-27-19)13-5-7-21-8-6-13/h1-8,11,16H,9-10H2. The summed E-state index contributed by atoms with van der Waals surface area (Å²) in [5.41, 5.74) is 3.23. The monoisotopic (exact) mass is 363 g/mol. The number of halogens is 1. The number of rotatable bonds is 3. The summed E-state index contributed by atoms with van der Waals surface area (Å²) in [6.45, 7) is 0.934. The van der Waals surface area contributed by atoms with Crippen molar-refractivity contribution in [1.29, 1.82) is 0 Å². The zero-order valence-corrected chi connectivity index (χ0v) is 14.1. The molecule has 4 aromatic rings. The van der Waals surface area contributed by atoms with Gasteiger partial charge in [0.05, 0.1) is 25.2 Å². The Bertz CT molecular complexity index is 1080. The van der Waals surface area contributed by atoms with Gasteiger partial charge in [-0.15, -0.1) is 0 Å².